The Bertz CT molecular complexity index is 295. The highest BCUT2D eigenvalue weighted by molar-refractivity contribution is 4.90. The zero-order valence-electron chi connectivity index (χ0n) is 13.9. The molecule has 2 heterocycles. The van der Waals surface area contributed by atoms with Crippen molar-refractivity contribution in [1.29, 1.82) is 0 Å². The Hall–Kier alpha value is -0.380. The van der Waals surface area contributed by atoms with Crippen molar-refractivity contribution >= 4 is 0 Å². The monoisotopic (exact) mass is 294 g/mol. The van der Waals surface area contributed by atoms with E-state index in [4.69, 9.17) is 4.74 Å². The molecule has 2 saturated heterocycles. The van der Waals surface area contributed by atoms with Crippen LogP contribution in [-0.2, 0) is 4.74 Å². The Labute approximate surface area is 131 Å². The summed E-state index contributed by atoms with van der Waals surface area (Å²) in [5.41, 5.74) is 0. The predicted octanol–water partition coefficient (Wildman–Crippen LogP) is 3.35. The summed E-state index contributed by atoms with van der Waals surface area (Å²) in [5, 5.41) is 3.74. The van der Waals surface area contributed by atoms with Crippen molar-refractivity contribution in [1.82, 2.24) is 10.2 Å². The molecule has 0 radical (unpaired) electrons. The van der Waals surface area contributed by atoms with Crippen LogP contribution in [0.5, 0.6) is 0 Å². The summed E-state index contributed by atoms with van der Waals surface area (Å²) >= 11 is 0. The molecule has 0 aromatic heterocycles. The summed E-state index contributed by atoms with van der Waals surface area (Å²) in [4.78, 5) is 2.66. The van der Waals surface area contributed by atoms with Gasteiger partial charge in [0.2, 0.25) is 0 Å². The van der Waals surface area contributed by atoms with Crippen LogP contribution in [0.3, 0.4) is 0 Å². The number of hydrogen-bond donors (Lipinski definition) is 1. The second-order valence-electron chi connectivity index (χ2n) is 6.65. The number of nitrogens with one attached hydrogen (secondary N) is 1. The summed E-state index contributed by atoms with van der Waals surface area (Å²) < 4.78 is 6.21. The fourth-order valence-electron chi connectivity index (χ4n) is 3.66. The zero-order chi connectivity index (χ0) is 14.9. The molecule has 2 aliphatic heterocycles. The lowest BCUT2D eigenvalue weighted by molar-refractivity contribution is -0.0658. The summed E-state index contributed by atoms with van der Waals surface area (Å²) in [6.07, 6.45) is 12.6. The van der Waals surface area contributed by atoms with Gasteiger partial charge in [-0.15, -0.1) is 6.58 Å². The largest absolute Gasteiger partial charge is 0.374 e. The van der Waals surface area contributed by atoms with Crippen molar-refractivity contribution in [2.75, 3.05) is 26.2 Å². The topological polar surface area (TPSA) is 24.5 Å². The van der Waals surface area contributed by atoms with E-state index >= 15 is 0 Å². The van der Waals surface area contributed by atoms with Crippen LogP contribution in [-0.4, -0.2) is 49.3 Å². The molecule has 0 aromatic carbocycles. The van der Waals surface area contributed by atoms with Crippen LogP contribution in [0, 0.1) is 0 Å². The van der Waals surface area contributed by atoms with E-state index < -0.39 is 0 Å². The molecule has 2 fully saturated rings. The lowest BCUT2D eigenvalue weighted by atomic mass is 10.00. The normalized spacial score (nSPS) is 27.5. The second kappa shape index (κ2) is 9.60. The third-order valence-corrected chi connectivity index (χ3v) is 4.94. The fourth-order valence-corrected chi connectivity index (χ4v) is 3.66. The summed E-state index contributed by atoms with van der Waals surface area (Å²) in [6.45, 7) is 10.5. The van der Waals surface area contributed by atoms with Crippen molar-refractivity contribution in [3.63, 3.8) is 0 Å². The van der Waals surface area contributed by atoms with Gasteiger partial charge in [-0.25, -0.2) is 0 Å². The number of nitrogens with zero attached hydrogens (tertiary/aromatic N) is 1. The Morgan fingerprint density at radius 2 is 2.29 bits per heavy atom. The molecule has 21 heavy (non-hydrogen) atoms. The fraction of sp³-hybridized carbons (Fsp3) is 0.889. The van der Waals surface area contributed by atoms with Crippen molar-refractivity contribution in [3.05, 3.63) is 12.7 Å². The van der Waals surface area contributed by atoms with Crippen molar-refractivity contribution in [2.24, 2.45) is 0 Å². The summed E-state index contributed by atoms with van der Waals surface area (Å²) in [6, 6.07) is 1.25. The zero-order valence-corrected chi connectivity index (χ0v) is 13.9. The van der Waals surface area contributed by atoms with Gasteiger partial charge in [0.05, 0.1) is 12.7 Å². The molecule has 1 N–H and O–H groups in total. The average Bonchev–Trinajstić information content (AvgIpc) is 2.97. The van der Waals surface area contributed by atoms with E-state index in [2.05, 4.69) is 23.7 Å². The summed E-state index contributed by atoms with van der Waals surface area (Å²) in [7, 11) is 0. The SMILES string of the molecule is C=CCCCCCC(NCCC)C1CN2CCCC2CO1. The molecule has 2 aliphatic rings. The van der Waals surface area contributed by atoms with Crippen LogP contribution in [0.2, 0.25) is 0 Å². The number of morpholine rings is 1. The minimum Gasteiger partial charge on any atom is -0.374 e. The van der Waals surface area contributed by atoms with Gasteiger partial charge in [0.25, 0.3) is 0 Å². The van der Waals surface area contributed by atoms with Gasteiger partial charge in [-0.3, -0.25) is 4.90 Å². The van der Waals surface area contributed by atoms with Gasteiger partial charge in [-0.2, -0.15) is 0 Å². The molecular weight excluding hydrogens is 260 g/mol. The molecular formula is C18H34N2O. The highest BCUT2D eigenvalue weighted by Gasteiger charge is 2.35. The Kier molecular flexibility index (Phi) is 7.76. The van der Waals surface area contributed by atoms with Crippen molar-refractivity contribution in [2.45, 2.75) is 76.5 Å². The van der Waals surface area contributed by atoms with Crippen LogP contribution < -0.4 is 5.32 Å². The maximum atomic E-state index is 6.21. The predicted molar refractivity (Wildman–Crippen MR) is 89.7 cm³/mol. The maximum Gasteiger partial charge on any atom is 0.0855 e. The quantitative estimate of drug-likeness (QED) is 0.494. The van der Waals surface area contributed by atoms with Crippen LogP contribution in [0.4, 0.5) is 0 Å². The number of rotatable bonds is 10. The number of ether oxygens (including phenoxy) is 1. The molecule has 122 valence electrons. The summed E-state index contributed by atoms with van der Waals surface area (Å²) in [5.74, 6) is 0. The van der Waals surface area contributed by atoms with Gasteiger partial charge in [-0.05, 0) is 51.6 Å². The first kappa shape index (κ1) is 17.0. The first-order valence-electron chi connectivity index (χ1n) is 9.05. The minimum absolute atomic E-state index is 0.394. The molecule has 3 unspecified atom stereocenters. The highest BCUT2D eigenvalue weighted by atomic mass is 16.5. The van der Waals surface area contributed by atoms with Gasteiger partial charge < -0.3 is 10.1 Å². The van der Waals surface area contributed by atoms with E-state index in [-0.39, 0.29) is 0 Å². The van der Waals surface area contributed by atoms with E-state index in [0.717, 1.165) is 26.1 Å². The van der Waals surface area contributed by atoms with E-state index in [1.54, 1.807) is 0 Å². The van der Waals surface area contributed by atoms with E-state index in [1.165, 1.54) is 51.5 Å². The van der Waals surface area contributed by atoms with Gasteiger partial charge in [0, 0.05) is 18.6 Å². The van der Waals surface area contributed by atoms with Crippen LogP contribution in [0.25, 0.3) is 0 Å². The molecule has 2 rings (SSSR count). The highest BCUT2D eigenvalue weighted by Crippen LogP contribution is 2.25. The second-order valence-corrected chi connectivity index (χ2v) is 6.65. The molecule has 0 aromatic rings. The molecule has 0 aliphatic carbocycles. The lowest BCUT2D eigenvalue weighted by Crippen LogP contribution is -2.54. The third-order valence-electron chi connectivity index (χ3n) is 4.94. The Morgan fingerprint density at radius 1 is 1.38 bits per heavy atom. The molecule has 0 saturated carbocycles. The lowest BCUT2D eigenvalue weighted by Gasteiger charge is -2.39. The molecule has 3 heteroatoms. The average molecular weight is 294 g/mol. The van der Waals surface area contributed by atoms with Crippen molar-refractivity contribution in [3.8, 4) is 0 Å². The molecule has 3 atom stereocenters. The third kappa shape index (κ3) is 5.39. The molecule has 0 bridgehead atoms. The standard InChI is InChI=1S/C18H34N2O/c1-3-5-6-7-8-11-17(19-12-4-2)18-14-20-13-9-10-16(20)15-21-18/h3,16-19H,1,4-15H2,2H3. The van der Waals surface area contributed by atoms with Gasteiger partial charge in [-0.1, -0.05) is 25.8 Å². The van der Waals surface area contributed by atoms with E-state index in [0.29, 0.717) is 18.2 Å². The molecule has 0 spiro atoms. The number of unbranched alkanes of at least 4 members (excludes halogenated alkanes) is 3. The Balaban J connectivity index is 1.76. The van der Waals surface area contributed by atoms with E-state index in [9.17, 15) is 0 Å². The maximum absolute atomic E-state index is 6.21. The molecule has 3 nitrogen and oxygen atoms in total. The van der Waals surface area contributed by atoms with Gasteiger partial charge in [0.1, 0.15) is 0 Å². The van der Waals surface area contributed by atoms with Gasteiger partial charge in [0.15, 0.2) is 0 Å². The number of allylic oxidation sites excluding steroid dienone is 1. The van der Waals surface area contributed by atoms with Gasteiger partial charge >= 0.3 is 0 Å². The number of fused-ring (bicyclic) bond motifs is 1. The Morgan fingerprint density at radius 3 is 3.10 bits per heavy atom. The smallest absolute Gasteiger partial charge is 0.0855 e. The van der Waals surface area contributed by atoms with Crippen LogP contribution in [0.15, 0.2) is 12.7 Å². The molecule has 0 amide bonds. The van der Waals surface area contributed by atoms with E-state index in [1.807, 2.05) is 6.08 Å². The number of hydrogen-bond acceptors (Lipinski definition) is 3. The first-order chi connectivity index (χ1) is 10.3. The first-order valence-corrected chi connectivity index (χ1v) is 9.05. The van der Waals surface area contributed by atoms with Crippen LogP contribution in [0.1, 0.15) is 58.3 Å². The van der Waals surface area contributed by atoms with Crippen molar-refractivity contribution < 1.29 is 4.74 Å². The minimum atomic E-state index is 0.394. The van der Waals surface area contributed by atoms with Crippen LogP contribution >= 0.6 is 0 Å².